The highest BCUT2D eigenvalue weighted by molar-refractivity contribution is 5.92. The maximum atomic E-state index is 12.7. The van der Waals surface area contributed by atoms with Crippen molar-refractivity contribution in [2.75, 3.05) is 19.6 Å². The molecule has 1 amide bonds. The molecule has 1 atom stereocenters. The van der Waals surface area contributed by atoms with Crippen LogP contribution in [0.25, 0.3) is 0 Å². The molecule has 2 aliphatic heterocycles. The van der Waals surface area contributed by atoms with Crippen LogP contribution in [0, 0.1) is 13.8 Å². The number of nitrogens with zero attached hydrogens (tertiary/aromatic N) is 5. The summed E-state index contributed by atoms with van der Waals surface area (Å²) in [6.45, 7) is 11.0. The average Bonchev–Trinajstić information content (AvgIpc) is 3.36. The van der Waals surface area contributed by atoms with Crippen LogP contribution in [0.3, 0.4) is 0 Å². The number of carbonyl (C=O) groups is 1. The number of H-pyrrole nitrogens is 1. The third-order valence-electron chi connectivity index (χ3n) is 6.06. The van der Waals surface area contributed by atoms with E-state index < -0.39 is 0 Å². The van der Waals surface area contributed by atoms with Crippen LogP contribution in [-0.2, 0) is 19.5 Å². The van der Waals surface area contributed by atoms with Crippen LogP contribution in [0.15, 0.2) is 6.07 Å². The average molecular weight is 371 g/mol. The van der Waals surface area contributed by atoms with Gasteiger partial charge < -0.3 is 4.90 Å². The van der Waals surface area contributed by atoms with Crippen LogP contribution in [-0.4, -0.2) is 61.4 Å². The standard InChI is InChI=1S/C20H30N6O/c1-14(11-18-15(2)21-22-16(18)3)25-9-6-10-26-17(13-25)12-19(23-26)20(27)24-7-4-5-8-24/h12,14H,4-11,13H2,1-3H3,(H,21,22)/t14-/m1/s1. The minimum absolute atomic E-state index is 0.0947. The highest BCUT2D eigenvalue weighted by atomic mass is 16.2. The van der Waals surface area contributed by atoms with E-state index in [1.807, 2.05) is 15.6 Å². The maximum Gasteiger partial charge on any atom is 0.274 e. The van der Waals surface area contributed by atoms with Crippen molar-refractivity contribution in [3.63, 3.8) is 0 Å². The molecule has 7 heteroatoms. The van der Waals surface area contributed by atoms with Crippen LogP contribution in [0.4, 0.5) is 0 Å². The van der Waals surface area contributed by atoms with Gasteiger partial charge >= 0.3 is 0 Å². The number of hydrogen-bond acceptors (Lipinski definition) is 4. The summed E-state index contributed by atoms with van der Waals surface area (Å²) in [7, 11) is 0. The summed E-state index contributed by atoms with van der Waals surface area (Å²) >= 11 is 0. The number of aromatic amines is 1. The molecule has 0 aromatic carbocycles. The normalized spacial score (nSPS) is 19.1. The Hall–Kier alpha value is -2.15. The van der Waals surface area contributed by atoms with Crippen molar-refractivity contribution < 1.29 is 4.79 Å². The van der Waals surface area contributed by atoms with Crippen LogP contribution in [0.5, 0.6) is 0 Å². The number of carbonyl (C=O) groups excluding carboxylic acids is 1. The second-order valence-corrected chi connectivity index (χ2v) is 8.03. The number of likely N-dealkylation sites (tertiary alicyclic amines) is 1. The third kappa shape index (κ3) is 3.65. The monoisotopic (exact) mass is 370 g/mol. The molecule has 1 saturated heterocycles. The van der Waals surface area contributed by atoms with Gasteiger partial charge in [-0.2, -0.15) is 10.2 Å². The third-order valence-corrected chi connectivity index (χ3v) is 6.06. The lowest BCUT2D eigenvalue weighted by molar-refractivity contribution is 0.0786. The van der Waals surface area contributed by atoms with Gasteiger partial charge in [0.15, 0.2) is 5.69 Å². The first-order valence-electron chi connectivity index (χ1n) is 10.1. The Bertz CT molecular complexity index is 797. The van der Waals surface area contributed by atoms with Crippen molar-refractivity contribution in [2.24, 2.45) is 0 Å². The molecular weight excluding hydrogens is 340 g/mol. The summed E-state index contributed by atoms with van der Waals surface area (Å²) in [5.41, 5.74) is 5.35. The van der Waals surface area contributed by atoms with Crippen molar-refractivity contribution in [2.45, 2.75) is 65.6 Å². The van der Waals surface area contributed by atoms with Crippen molar-refractivity contribution >= 4 is 5.91 Å². The van der Waals surface area contributed by atoms with Crippen LogP contribution in [0.1, 0.15) is 59.3 Å². The topological polar surface area (TPSA) is 70.0 Å². The van der Waals surface area contributed by atoms with Crippen molar-refractivity contribution in [3.8, 4) is 0 Å². The molecular formula is C20H30N6O. The van der Waals surface area contributed by atoms with Gasteiger partial charge in [-0.05, 0) is 58.1 Å². The molecule has 0 saturated carbocycles. The van der Waals surface area contributed by atoms with Gasteiger partial charge in [-0.3, -0.25) is 19.5 Å². The molecule has 1 N–H and O–H groups in total. The molecule has 0 radical (unpaired) electrons. The lowest BCUT2D eigenvalue weighted by Crippen LogP contribution is -2.34. The Labute approximate surface area is 160 Å². The Morgan fingerprint density at radius 2 is 1.96 bits per heavy atom. The molecule has 146 valence electrons. The van der Waals surface area contributed by atoms with Crippen molar-refractivity contribution in [1.82, 2.24) is 29.8 Å². The van der Waals surface area contributed by atoms with Crippen molar-refractivity contribution in [3.05, 3.63) is 34.4 Å². The zero-order valence-corrected chi connectivity index (χ0v) is 16.7. The predicted octanol–water partition coefficient (Wildman–Crippen LogP) is 2.30. The Kier molecular flexibility index (Phi) is 5.04. The van der Waals surface area contributed by atoms with Crippen molar-refractivity contribution in [1.29, 1.82) is 0 Å². The smallest absolute Gasteiger partial charge is 0.274 e. The minimum atomic E-state index is 0.0947. The molecule has 0 unspecified atom stereocenters. The summed E-state index contributed by atoms with van der Waals surface area (Å²) < 4.78 is 2.05. The fraction of sp³-hybridized carbons (Fsp3) is 0.650. The molecule has 0 bridgehead atoms. The number of amides is 1. The first-order valence-corrected chi connectivity index (χ1v) is 10.1. The van der Waals surface area contributed by atoms with E-state index in [0.29, 0.717) is 11.7 Å². The van der Waals surface area contributed by atoms with Gasteiger partial charge in [-0.1, -0.05) is 0 Å². The van der Waals surface area contributed by atoms with Crippen LogP contribution in [0.2, 0.25) is 0 Å². The zero-order valence-electron chi connectivity index (χ0n) is 16.7. The van der Waals surface area contributed by atoms with E-state index >= 15 is 0 Å². The van der Waals surface area contributed by atoms with E-state index in [0.717, 1.165) is 75.5 Å². The molecule has 2 aromatic rings. The van der Waals surface area contributed by atoms with Gasteiger partial charge in [-0.25, -0.2) is 0 Å². The van der Waals surface area contributed by atoms with Gasteiger partial charge in [0.2, 0.25) is 0 Å². The summed E-state index contributed by atoms with van der Waals surface area (Å²) in [4.78, 5) is 17.1. The molecule has 1 fully saturated rings. The second-order valence-electron chi connectivity index (χ2n) is 8.03. The number of aryl methyl sites for hydroxylation is 3. The largest absolute Gasteiger partial charge is 0.337 e. The SMILES string of the molecule is Cc1n[nH]c(C)c1C[C@@H](C)N1CCCn2nc(C(=O)N3CCCC3)cc2C1. The van der Waals surface area contributed by atoms with E-state index in [2.05, 4.69) is 41.0 Å². The van der Waals surface area contributed by atoms with E-state index in [9.17, 15) is 4.79 Å². The Balaban J connectivity index is 1.48. The number of hydrogen-bond donors (Lipinski definition) is 1. The molecule has 27 heavy (non-hydrogen) atoms. The van der Waals surface area contributed by atoms with Crippen LogP contribution >= 0.6 is 0 Å². The van der Waals surface area contributed by atoms with E-state index in [1.54, 1.807) is 0 Å². The summed E-state index contributed by atoms with van der Waals surface area (Å²) in [5.74, 6) is 0.0947. The molecule has 0 spiro atoms. The zero-order chi connectivity index (χ0) is 19.0. The quantitative estimate of drug-likeness (QED) is 0.896. The molecule has 2 aliphatic rings. The number of rotatable bonds is 4. The molecule has 0 aliphatic carbocycles. The van der Waals surface area contributed by atoms with Gasteiger partial charge in [0.25, 0.3) is 5.91 Å². The van der Waals surface area contributed by atoms with E-state index in [4.69, 9.17) is 0 Å². The number of aromatic nitrogens is 4. The summed E-state index contributed by atoms with van der Waals surface area (Å²) in [5, 5.41) is 12.1. The first kappa shape index (κ1) is 18.2. The number of nitrogens with one attached hydrogen (secondary N) is 1. The lowest BCUT2D eigenvalue weighted by atomic mass is 10.0. The highest BCUT2D eigenvalue weighted by Crippen LogP contribution is 2.21. The highest BCUT2D eigenvalue weighted by Gasteiger charge is 2.26. The van der Waals surface area contributed by atoms with Crippen LogP contribution < -0.4 is 0 Å². The van der Waals surface area contributed by atoms with Gasteiger partial charge in [0.1, 0.15) is 0 Å². The van der Waals surface area contributed by atoms with E-state index in [-0.39, 0.29) is 5.91 Å². The van der Waals surface area contributed by atoms with E-state index in [1.165, 1.54) is 5.56 Å². The molecule has 4 rings (SSSR count). The first-order chi connectivity index (χ1) is 13.0. The fourth-order valence-electron chi connectivity index (χ4n) is 4.35. The minimum Gasteiger partial charge on any atom is -0.337 e. The predicted molar refractivity (Wildman–Crippen MR) is 104 cm³/mol. The Morgan fingerprint density at radius 3 is 2.67 bits per heavy atom. The summed E-state index contributed by atoms with van der Waals surface area (Å²) in [6.07, 6.45) is 4.26. The number of fused-ring (bicyclic) bond motifs is 1. The molecule has 7 nitrogen and oxygen atoms in total. The molecule has 2 aromatic heterocycles. The fourth-order valence-corrected chi connectivity index (χ4v) is 4.35. The maximum absolute atomic E-state index is 12.7. The van der Waals surface area contributed by atoms with Gasteiger partial charge in [-0.15, -0.1) is 0 Å². The second kappa shape index (κ2) is 7.46. The summed E-state index contributed by atoms with van der Waals surface area (Å²) in [6, 6.07) is 2.43. The van der Waals surface area contributed by atoms with Gasteiger partial charge in [0.05, 0.1) is 11.4 Å². The molecule has 4 heterocycles. The van der Waals surface area contributed by atoms with Gasteiger partial charge in [0, 0.05) is 44.5 Å². The Morgan fingerprint density at radius 1 is 1.19 bits per heavy atom. The lowest BCUT2D eigenvalue weighted by Gasteiger charge is -2.27.